The van der Waals surface area contributed by atoms with Gasteiger partial charge in [0.25, 0.3) is 5.91 Å². The van der Waals surface area contributed by atoms with Crippen LogP contribution in [0.25, 0.3) is 0 Å². The molecule has 1 aromatic carbocycles. The number of hydrogen-bond donors (Lipinski definition) is 2. The number of aliphatic hydroxyl groups is 1. The topological polar surface area (TPSA) is 88.1 Å². The van der Waals surface area contributed by atoms with Crippen LogP contribution in [0, 0.1) is 5.92 Å². The standard InChI is InChI=1S/C17H24N2O5/c1-11(2)17(3)15(21)19(16(22)18-17)9-12(20)10-24-14-7-5-13(23-4)6-8-14/h5-8,11-12,20H,9-10H2,1-4H3,(H,18,22)/t12-,17-/m0/s1. The van der Waals surface area contributed by atoms with Crippen molar-refractivity contribution in [3.8, 4) is 11.5 Å². The summed E-state index contributed by atoms with van der Waals surface area (Å²) in [6, 6.07) is 6.43. The highest BCUT2D eigenvalue weighted by atomic mass is 16.5. The zero-order valence-corrected chi connectivity index (χ0v) is 14.4. The molecule has 0 aromatic heterocycles. The van der Waals surface area contributed by atoms with Gasteiger partial charge in [0.2, 0.25) is 0 Å². The zero-order valence-electron chi connectivity index (χ0n) is 14.4. The van der Waals surface area contributed by atoms with Gasteiger partial charge in [-0.25, -0.2) is 4.79 Å². The third kappa shape index (κ3) is 3.62. The van der Waals surface area contributed by atoms with E-state index >= 15 is 0 Å². The number of amides is 3. The summed E-state index contributed by atoms with van der Waals surface area (Å²) in [6.07, 6.45) is -0.976. The number of ether oxygens (including phenoxy) is 2. The van der Waals surface area contributed by atoms with Gasteiger partial charge < -0.3 is 19.9 Å². The summed E-state index contributed by atoms with van der Waals surface area (Å²) in [4.78, 5) is 25.5. The van der Waals surface area contributed by atoms with Crippen LogP contribution in [0.15, 0.2) is 24.3 Å². The highest BCUT2D eigenvalue weighted by Gasteiger charge is 2.49. The quantitative estimate of drug-likeness (QED) is 0.735. The SMILES string of the molecule is COc1ccc(OC[C@@H](O)CN2C(=O)N[C@@](C)(C(C)C)C2=O)cc1. The molecule has 7 nitrogen and oxygen atoms in total. The second kappa shape index (κ2) is 7.09. The average molecular weight is 336 g/mol. The minimum Gasteiger partial charge on any atom is -0.497 e. The highest BCUT2D eigenvalue weighted by molar-refractivity contribution is 6.06. The number of aliphatic hydroxyl groups excluding tert-OH is 1. The Hall–Kier alpha value is -2.28. The molecule has 1 aliphatic rings. The number of hydrogen-bond acceptors (Lipinski definition) is 5. The maximum atomic E-state index is 12.4. The van der Waals surface area contributed by atoms with Crippen LogP contribution in [0.5, 0.6) is 11.5 Å². The monoisotopic (exact) mass is 336 g/mol. The van der Waals surface area contributed by atoms with Crippen LogP contribution in [-0.2, 0) is 4.79 Å². The lowest BCUT2D eigenvalue weighted by atomic mass is 9.88. The zero-order chi connectivity index (χ0) is 17.9. The third-order valence-corrected chi connectivity index (χ3v) is 4.35. The number of benzene rings is 1. The first kappa shape index (κ1) is 18.1. The average Bonchev–Trinajstić information content (AvgIpc) is 2.78. The minimum atomic E-state index is -0.976. The van der Waals surface area contributed by atoms with Crippen LogP contribution in [-0.4, -0.2) is 53.8 Å². The predicted molar refractivity (Wildman–Crippen MR) is 88.0 cm³/mol. The van der Waals surface area contributed by atoms with Crippen molar-refractivity contribution in [3.63, 3.8) is 0 Å². The lowest BCUT2D eigenvalue weighted by Crippen LogP contribution is -2.49. The Balaban J connectivity index is 1.91. The van der Waals surface area contributed by atoms with Gasteiger partial charge in [0, 0.05) is 0 Å². The molecule has 2 atom stereocenters. The van der Waals surface area contributed by atoms with E-state index in [0.29, 0.717) is 11.5 Å². The molecule has 0 bridgehead atoms. The number of imide groups is 1. The van der Waals surface area contributed by atoms with Crippen LogP contribution in [0.4, 0.5) is 4.79 Å². The molecular formula is C17H24N2O5. The van der Waals surface area contributed by atoms with Gasteiger partial charge in [0.05, 0.1) is 13.7 Å². The Kier molecular flexibility index (Phi) is 5.33. The van der Waals surface area contributed by atoms with Crippen molar-refractivity contribution in [2.24, 2.45) is 5.92 Å². The maximum Gasteiger partial charge on any atom is 0.325 e. The third-order valence-electron chi connectivity index (χ3n) is 4.35. The van der Waals surface area contributed by atoms with Crippen molar-refractivity contribution in [2.75, 3.05) is 20.3 Å². The van der Waals surface area contributed by atoms with Crippen molar-refractivity contribution in [1.82, 2.24) is 10.2 Å². The van der Waals surface area contributed by atoms with E-state index in [1.54, 1.807) is 38.3 Å². The van der Waals surface area contributed by atoms with Crippen LogP contribution < -0.4 is 14.8 Å². The molecule has 2 N–H and O–H groups in total. The van der Waals surface area contributed by atoms with Crippen molar-refractivity contribution in [1.29, 1.82) is 0 Å². The first-order valence-corrected chi connectivity index (χ1v) is 7.87. The molecule has 1 aromatic rings. The largest absolute Gasteiger partial charge is 0.497 e. The van der Waals surface area contributed by atoms with Gasteiger partial charge in [-0.05, 0) is 37.1 Å². The molecule has 1 aliphatic heterocycles. The fraction of sp³-hybridized carbons (Fsp3) is 0.529. The van der Waals surface area contributed by atoms with Crippen LogP contribution in [0.1, 0.15) is 20.8 Å². The van der Waals surface area contributed by atoms with E-state index in [2.05, 4.69) is 5.32 Å². The maximum absolute atomic E-state index is 12.4. The molecule has 0 radical (unpaired) electrons. The van der Waals surface area contributed by atoms with E-state index in [0.717, 1.165) is 4.90 Å². The summed E-state index contributed by atoms with van der Waals surface area (Å²) < 4.78 is 10.5. The molecule has 0 unspecified atom stereocenters. The first-order valence-electron chi connectivity index (χ1n) is 7.87. The number of methoxy groups -OCH3 is 1. The Bertz CT molecular complexity index is 602. The van der Waals surface area contributed by atoms with E-state index in [-0.39, 0.29) is 25.0 Å². The molecule has 0 spiro atoms. The fourth-order valence-corrected chi connectivity index (χ4v) is 2.40. The predicted octanol–water partition coefficient (Wildman–Crippen LogP) is 1.40. The molecule has 132 valence electrons. The molecule has 1 heterocycles. The van der Waals surface area contributed by atoms with Crippen molar-refractivity contribution >= 4 is 11.9 Å². The molecule has 0 saturated carbocycles. The molecule has 3 amide bonds. The van der Waals surface area contributed by atoms with Crippen molar-refractivity contribution in [2.45, 2.75) is 32.4 Å². The van der Waals surface area contributed by atoms with Crippen molar-refractivity contribution < 1.29 is 24.2 Å². The molecular weight excluding hydrogens is 312 g/mol. The second-order valence-electron chi connectivity index (χ2n) is 6.34. The number of carbonyl (C=O) groups excluding carboxylic acids is 2. The highest BCUT2D eigenvalue weighted by Crippen LogP contribution is 2.25. The van der Waals surface area contributed by atoms with E-state index in [1.165, 1.54) is 0 Å². The summed E-state index contributed by atoms with van der Waals surface area (Å²) in [5.41, 5.74) is -0.937. The molecule has 24 heavy (non-hydrogen) atoms. The van der Waals surface area contributed by atoms with Gasteiger partial charge in [-0.1, -0.05) is 13.8 Å². The number of urea groups is 1. The molecule has 1 saturated heterocycles. The number of carbonyl (C=O) groups is 2. The Morgan fingerprint density at radius 1 is 1.21 bits per heavy atom. The molecule has 2 rings (SSSR count). The summed E-state index contributed by atoms with van der Waals surface area (Å²) in [5.74, 6) is 0.895. The van der Waals surface area contributed by atoms with E-state index < -0.39 is 17.7 Å². The number of rotatable bonds is 7. The summed E-state index contributed by atoms with van der Waals surface area (Å²) in [5, 5.41) is 12.8. The van der Waals surface area contributed by atoms with Crippen molar-refractivity contribution in [3.05, 3.63) is 24.3 Å². The van der Waals surface area contributed by atoms with E-state index in [4.69, 9.17) is 9.47 Å². The van der Waals surface area contributed by atoms with Gasteiger partial charge in [-0.3, -0.25) is 9.69 Å². The molecule has 7 heteroatoms. The second-order valence-corrected chi connectivity index (χ2v) is 6.34. The van der Waals surface area contributed by atoms with Gasteiger partial charge in [0.1, 0.15) is 29.7 Å². The van der Waals surface area contributed by atoms with Crippen LogP contribution in [0.3, 0.4) is 0 Å². The van der Waals surface area contributed by atoms with E-state index in [1.807, 2.05) is 13.8 Å². The van der Waals surface area contributed by atoms with Gasteiger partial charge >= 0.3 is 6.03 Å². The lowest BCUT2D eigenvalue weighted by Gasteiger charge is -2.26. The fourth-order valence-electron chi connectivity index (χ4n) is 2.40. The van der Waals surface area contributed by atoms with Gasteiger partial charge in [-0.15, -0.1) is 0 Å². The molecule has 0 aliphatic carbocycles. The summed E-state index contributed by atoms with van der Waals surface area (Å²) in [7, 11) is 1.57. The van der Waals surface area contributed by atoms with Crippen LogP contribution >= 0.6 is 0 Å². The molecule has 1 fully saturated rings. The summed E-state index contributed by atoms with van der Waals surface area (Å²) in [6.45, 7) is 5.29. The van der Waals surface area contributed by atoms with Gasteiger partial charge in [-0.2, -0.15) is 0 Å². The van der Waals surface area contributed by atoms with Gasteiger partial charge in [0.15, 0.2) is 0 Å². The number of nitrogens with zero attached hydrogens (tertiary/aromatic N) is 1. The Labute approximate surface area is 141 Å². The number of β-amino-alcohol motifs (C(OH)–C–C–N with tert-alkyl or cyclic N) is 1. The smallest absolute Gasteiger partial charge is 0.325 e. The Morgan fingerprint density at radius 3 is 2.29 bits per heavy atom. The normalized spacial score (nSPS) is 21.8. The van der Waals surface area contributed by atoms with Crippen LogP contribution in [0.2, 0.25) is 0 Å². The summed E-state index contributed by atoms with van der Waals surface area (Å²) >= 11 is 0. The lowest BCUT2D eigenvalue weighted by molar-refractivity contribution is -0.133. The first-order chi connectivity index (χ1) is 11.3. The minimum absolute atomic E-state index is 0.0260. The van der Waals surface area contributed by atoms with E-state index in [9.17, 15) is 14.7 Å². The Morgan fingerprint density at radius 2 is 1.79 bits per heavy atom. The number of nitrogens with one attached hydrogen (secondary N) is 1.